The first-order valence-corrected chi connectivity index (χ1v) is 10.1. The van der Waals surface area contributed by atoms with E-state index >= 15 is 0 Å². The van der Waals surface area contributed by atoms with Gasteiger partial charge < -0.3 is 19.8 Å². The molecule has 0 aromatic heterocycles. The van der Waals surface area contributed by atoms with Gasteiger partial charge in [-0.15, -0.1) is 0 Å². The first kappa shape index (κ1) is 21.4. The molecule has 1 heterocycles. The molecule has 0 radical (unpaired) electrons. The molecule has 1 aliphatic heterocycles. The molecule has 2 N–H and O–H groups in total. The number of ether oxygens (including phenoxy) is 2. The van der Waals surface area contributed by atoms with Gasteiger partial charge in [0.25, 0.3) is 0 Å². The Labute approximate surface area is 177 Å². The zero-order valence-corrected chi connectivity index (χ0v) is 17.5. The molecule has 1 fully saturated rings. The fraction of sp³-hybridized carbons (Fsp3) is 0.478. The summed E-state index contributed by atoms with van der Waals surface area (Å²) in [6.07, 6.45) is 3.05. The Hall–Kier alpha value is -3.34. The lowest BCUT2D eigenvalue weighted by molar-refractivity contribution is -0.899. The maximum absolute atomic E-state index is 10.2. The third-order valence-electron chi connectivity index (χ3n) is 6.33. The van der Waals surface area contributed by atoms with Crippen LogP contribution in [-0.4, -0.2) is 39.6 Å². The summed E-state index contributed by atoms with van der Waals surface area (Å²) < 4.78 is 11.1. The van der Waals surface area contributed by atoms with Gasteiger partial charge in [-0.2, -0.15) is 15.8 Å². The van der Waals surface area contributed by atoms with Crippen molar-refractivity contribution >= 4 is 5.71 Å². The Morgan fingerprint density at radius 1 is 1.20 bits per heavy atom. The number of methoxy groups -OCH3 is 2. The zero-order valence-electron chi connectivity index (χ0n) is 17.5. The van der Waals surface area contributed by atoms with Crippen molar-refractivity contribution in [1.29, 1.82) is 21.2 Å². The largest absolute Gasteiger partial charge is 0.493 e. The highest BCUT2D eigenvalue weighted by atomic mass is 16.5. The average molecular weight is 404 g/mol. The number of nitrogens with one attached hydrogen (secondary N) is 2. The molecule has 2 aliphatic rings. The molecule has 0 saturated heterocycles. The zero-order chi connectivity index (χ0) is 21.9. The van der Waals surface area contributed by atoms with E-state index in [9.17, 15) is 15.8 Å². The highest BCUT2D eigenvalue weighted by Crippen LogP contribution is 2.55. The van der Waals surface area contributed by atoms with Gasteiger partial charge in [-0.3, -0.25) is 0 Å². The molecule has 4 atom stereocenters. The van der Waals surface area contributed by atoms with E-state index in [2.05, 4.69) is 25.1 Å². The Morgan fingerprint density at radius 3 is 2.50 bits per heavy atom. The van der Waals surface area contributed by atoms with Gasteiger partial charge in [0.15, 0.2) is 16.9 Å². The second kappa shape index (κ2) is 8.57. The molecule has 2 unspecified atom stereocenters. The van der Waals surface area contributed by atoms with Gasteiger partial charge in [-0.25, -0.2) is 0 Å². The molecule has 7 heteroatoms. The molecule has 0 bridgehead atoms. The summed E-state index contributed by atoms with van der Waals surface area (Å²) in [6, 6.07) is 11.8. The van der Waals surface area contributed by atoms with Crippen molar-refractivity contribution in [1.82, 2.24) is 0 Å². The van der Waals surface area contributed by atoms with Gasteiger partial charge in [0, 0.05) is 17.4 Å². The van der Waals surface area contributed by atoms with Crippen LogP contribution in [-0.2, 0) is 0 Å². The predicted molar refractivity (Wildman–Crippen MR) is 110 cm³/mol. The summed E-state index contributed by atoms with van der Waals surface area (Å²) in [5.74, 6) is -0.740. The summed E-state index contributed by atoms with van der Waals surface area (Å²) in [4.78, 5) is 1.34. The number of nitriles is 3. The number of benzene rings is 1. The minimum absolute atomic E-state index is 0.147. The maximum atomic E-state index is 10.2. The van der Waals surface area contributed by atoms with Crippen LogP contribution in [0, 0.1) is 56.7 Å². The van der Waals surface area contributed by atoms with Crippen molar-refractivity contribution in [3.05, 3.63) is 35.4 Å². The van der Waals surface area contributed by atoms with Crippen LogP contribution >= 0.6 is 0 Å². The smallest absolute Gasteiger partial charge is 0.190 e. The molecule has 7 nitrogen and oxygen atoms in total. The van der Waals surface area contributed by atoms with Crippen molar-refractivity contribution in [2.24, 2.45) is 17.3 Å². The summed E-state index contributed by atoms with van der Waals surface area (Å²) in [6.45, 7) is 4.56. The molecule has 0 amide bonds. The van der Waals surface area contributed by atoms with Gasteiger partial charge in [-0.1, -0.05) is 19.1 Å². The number of para-hydroxylation sites is 1. The fourth-order valence-corrected chi connectivity index (χ4v) is 5.02. The van der Waals surface area contributed by atoms with Crippen LogP contribution in [0.5, 0.6) is 11.5 Å². The van der Waals surface area contributed by atoms with E-state index in [-0.39, 0.29) is 11.6 Å². The van der Waals surface area contributed by atoms with Crippen LogP contribution < -0.4 is 14.4 Å². The van der Waals surface area contributed by atoms with E-state index in [4.69, 9.17) is 14.9 Å². The molecule has 0 spiro atoms. The number of fused-ring (bicyclic) bond motifs is 1. The van der Waals surface area contributed by atoms with E-state index in [1.54, 1.807) is 12.1 Å². The first-order valence-electron chi connectivity index (χ1n) is 10.1. The predicted octanol–water partition coefficient (Wildman–Crippen LogP) is 1.85. The number of rotatable bonds is 5. The Kier molecular flexibility index (Phi) is 6.11. The molecule has 1 aromatic rings. The van der Waals surface area contributed by atoms with Gasteiger partial charge in [0.2, 0.25) is 0 Å². The first-order chi connectivity index (χ1) is 14.5. The minimum Gasteiger partial charge on any atom is -0.493 e. The van der Waals surface area contributed by atoms with Crippen LogP contribution in [0.25, 0.3) is 0 Å². The number of nitrogens with zero attached hydrogens (tertiary/aromatic N) is 3. The van der Waals surface area contributed by atoms with Crippen LogP contribution in [0.4, 0.5) is 0 Å². The lowest BCUT2D eigenvalue weighted by Gasteiger charge is -2.46. The quantitative estimate of drug-likeness (QED) is 0.726. The standard InChI is InChI=1S/C23H25N5O2/c1-4-9-28-10-8-15-17(11-24)22(27)23(13-25,14-26)20(18(15)12-28)16-6-5-7-19(29-2)21(16)30-3/h5-8,17-18,20,27H,4,9-10,12H2,1-3H3/p+1/t17?,18-,20-/m1/s1. The van der Waals surface area contributed by atoms with Crippen molar-refractivity contribution < 1.29 is 14.4 Å². The molecule has 30 heavy (non-hydrogen) atoms. The third-order valence-corrected chi connectivity index (χ3v) is 6.33. The van der Waals surface area contributed by atoms with Crippen LogP contribution in [0.1, 0.15) is 24.8 Å². The van der Waals surface area contributed by atoms with Crippen molar-refractivity contribution in [2.75, 3.05) is 33.9 Å². The lowest BCUT2D eigenvalue weighted by Crippen LogP contribution is -3.13. The summed E-state index contributed by atoms with van der Waals surface area (Å²) in [7, 11) is 3.07. The monoisotopic (exact) mass is 404 g/mol. The summed E-state index contributed by atoms with van der Waals surface area (Å²) >= 11 is 0. The van der Waals surface area contributed by atoms with Crippen molar-refractivity contribution in [2.45, 2.75) is 19.3 Å². The molecule has 1 aromatic carbocycles. The second-order valence-electron chi connectivity index (χ2n) is 7.79. The van der Waals surface area contributed by atoms with Crippen molar-refractivity contribution in [3.63, 3.8) is 0 Å². The fourth-order valence-electron chi connectivity index (χ4n) is 5.02. The Morgan fingerprint density at radius 2 is 1.93 bits per heavy atom. The minimum atomic E-state index is -1.75. The van der Waals surface area contributed by atoms with Crippen LogP contribution in [0.3, 0.4) is 0 Å². The molecule has 3 rings (SSSR count). The van der Waals surface area contributed by atoms with Gasteiger partial charge >= 0.3 is 0 Å². The topological polar surface area (TPSA) is 118 Å². The van der Waals surface area contributed by atoms with E-state index in [0.29, 0.717) is 23.6 Å². The number of hydrogen-bond donors (Lipinski definition) is 2. The van der Waals surface area contributed by atoms with E-state index < -0.39 is 17.3 Å². The highest BCUT2D eigenvalue weighted by molar-refractivity contribution is 6.01. The van der Waals surface area contributed by atoms with E-state index in [0.717, 1.165) is 25.1 Å². The average Bonchev–Trinajstić information content (AvgIpc) is 2.78. The molecular formula is C23H26N5O2+. The van der Waals surface area contributed by atoms with Gasteiger partial charge in [0.1, 0.15) is 5.92 Å². The lowest BCUT2D eigenvalue weighted by atomic mass is 9.54. The van der Waals surface area contributed by atoms with Crippen LogP contribution in [0.2, 0.25) is 0 Å². The molecule has 1 aliphatic carbocycles. The maximum Gasteiger partial charge on any atom is 0.190 e. The molecular weight excluding hydrogens is 378 g/mol. The normalized spacial score (nSPS) is 26.9. The van der Waals surface area contributed by atoms with Crippen molar-refractivity contribution in [3.8, 4) is 29.7 Å². The third kappa shape index (κ3) is 3.11. The molecule has 1 saturated carbocycles. The highest BCUT2D eigenvalue weighted by Gasteiger charge is 2.59. The van der Waals surface area contributed by atoms with Crippen LogP contribution in [0.15, 0.2) is 29.8 Å². The Bertz CT molecular complexity index is 980. The van der Waals surface area contributed by atoms with Gasteiger partial charge in [-0.05, 0) is 24.1 Å². The van der Waals surface area contributed by atoms with Gasteiger partial charge in [0.05, 0.1) is 57.8 Å². The number of hydrogen-bond acceptors (Lipinski definition) is 6. The second-order valence-corrected chi connectivity index (χ2v) is 7.79. The summed E-state index contributed by atoms with van der Waals surface area (Å²) in [5, 5.41) is 38.9. The number of quaternary nitrogens is 1. The van der Waals surface area contributed by atoms with E-state index in [1.807, 2.05) is 12.1 Å². The summed E-state index contributed by atoms with van der Waals surface area (Å²) in [5.41, 5.74) is -0.393. The molecule has 154 valence electrons. The SMILES string of the molecule is CCC[NH+]1CC=C2C(C#N)C(=N)C(C#N)(C#N)[C@H](c3cccc(OC)c3OC)[C@@H]2C1. The van der Waals surface area contributed by atoms with E-state index in [1.165, 1.54) is 19.1 Å². The Balaban J connectivity index is 2.29.